The lowest BCUT2D eigenvalue weighted by atomic mass is 10.3. The fraction of sp³-hybridized carbons (Fsp3) is 0.333. The number of hydrogen-bond acceptors (Lipinski definition) is 8. The van der Waals surface area contributed by atoms with Crippen LogP contribution in [0.3, 0.4) is 0 Å². The smallest absolute Gasteiger partial charge is 0.274 e. The van der Waals surface area contributed by atoms with E-state index in [1.54, 1.807) is 12.1 Å². The fourth-order valence-electron chi connectivity index (χ4n) is 2.32. The zero-order valence-electron chi connectivity index (χ0n) is 15.6. The highest BCUT2D eigenvalue weighted by atomic mass is 35.5. The molecule has 3 aromatic rings. The van der Waals surface area contributed by atoms with Gasteiger partial charge in [-0.2, -0.15) is 0 Å². The van der Waals surface area contributed by atoms with Crippen molar-refractivity contribution < 1.29 is 19.0 Å². The molecule has 0 spiro atoms. The van der Waals surface area contributed by atoms with Crippen LogP contribution in [0.2, 0.25) is 5.02 Å². The summed E-state index contributed by atoms with van der Waals surface area (Å²) in [7, 11) is 0. The molecule has 0 fully saturated rings. The van der Waals surface area contributed by atoms with E-state index in [-0.39, 0.29) is 24.4 Å². The van der Waals surface area contributed by atoms with Crippen LogP contribution in [0.25, 0.3) is 10.2 Å². The Morgan fingerprint density at radius 1 is 1.25 bits per heavy atom. The maximum absolute atomic E-state index is 11.0. The van der Waals surface area contributed by atoms with Crippen LogP contribution in [0.5, 0.6) is 22.7 Å². The molecule has 1 atom stereocenters. The molecule has 0 aliphatic rings. The van der Waals surface area contributed by atoms with Gasteiger partial charge < -0.3 is 19.5 Å². The van der Waals surface area contributed by atoms with Crippen molar-refractivity contribution in [2.45, 2.75) is 26.8 Å². The van der Waals surface area contributed by atoms with Gasteiger partial charge >= 0.3 is 0 Å². The Morgan fingerprint density at radius 3 is 2.68 bits per heavy atom. The number of rotatable bonds is 8. The number of amides is 1. The van der Waals surface area contributed by atoms with Crippen LogP contribution in [-0.4, -0.2) is 40.1 Å². The largest absolute Gasteiger partial charge is 0.474 e. The number of nitrogens with one attached hydrogen (secondary N) is 1. The van der Waals surface area contributed by atoms with E-state index >= 15 is 0 Å². The number of carbonyl (C=O) groups is 1. The highest BCUT2D eigenvalue weighted by molar-refractivity contribution is 7.20. The number of ether oxygens (including phenoxy) is 3. The van der Waals surface area contributed by atoms with Crippen molar-refractivity contribution in [3.05, 3.63) is 29.5 Å². The Kier molecular flexibility index (Phi) is 6.48. The van der Waals surface area contributed by atoms with Gasteiger partial charge in [-0.3, -0.25) is 4.79 Å². The highest BCUT2D eigenvalue weighted by Crippen LogP contribution is 2.37. The van der Waals surface area contributed by atoms with E-state index in [0.29, 0.717) is 28.5 Å². The molecular formula is C18H19ClN4O4S. The summed E-state index contributed by atoms with van der Waals surface area (Å²) in [5.41, 5.74) is 0.744. The summed E-state index contributed by atoms with van der Waals surface area (Å²) in [6, 6.07) is 3.38. The van der Waals surface area contributed by atoms with Crippen molar-refractivity contribution in [2.75, 3.05) is 13.2 Å². The zero-order valence-corrected chi connectivity index (χ0v) is 17.1. The SMILES string of the molecule is CCOc1nc2cc(Cl)c(Oc3cnc(OCC(C)NC(C)=O)cn3)cc2s1. The number of benzene rings is 1. The molecule has 2 heterocycles. The summed E-state index contributed by atoms with van der Waals surface area (Å²) in [6.45, 7) is 6.02. The van der Waals surface area contributed by atoms with Crippen molar-refractivity contribution in [1.82, 2.24) is 20.3 Å². The van der Waals surface area contributed by atoms with Crippen LogP contribution in [0.15, 0.2) is 24.5 Å². The van der Waals surface area contributed by atoms with Gasteiger partial charge in [0.2, 0.25) is 17.7 Å². The molecule has 28 heavy (non-hydrogen) atoms. The first-order valence-electron chi connectivity index (χ1n) is 8.57. The maximum atomic E-state index is 11.0. The Morgan fingerprint density at radius 2 is 2.00 bits per heavy atom. The third kappa shape index (κ3) is 5.20. The van der Waals surface area contributed by atoms with Crippen LogP contribution in [-0.2, 0) is 4.79 Å². The molecule has 1 amide bonds. The lowest BCUT2D eigenvalue weighted by Crippen LogP contribution is -2.35. The Labute approximate surface area is 170 Å². The van der Waals surface area contributed by atoms with Crippen LogP contribution in [0, 0.1) is 0 Å². The second-order valence-corrected chi connectivity index (χ2v) is 7.27. The minimum Gasteiger partial charge on any atom is -0.474 e. The summed E-state index contributed by atoms with van der Waals surface area (Å²) in [5.74, 6) is 0.935. The van der Waals surface area contributed by atoms with E-state index < -0.39 is 0 Å². The Bertz CT molecular complexity index is 964. The first kappa shape index (κ1) is 20.1. The lowest BCUT2D eigenvalue weighted by molar-refractivity contribution is -0.119. The predicted molar refractivity (Wildman–Crippen MR) is 107 cm³/mol. The first-order valence-corrected chi connectivity index (χ1v) is 9.76. The maximum Gasteiger partial charge on any atom is 0.274 e. The molecule has 2 aromatic heterocycles. The van der Waals surface area contributed by atoms with E-state index in [2.05, 4.69) is 20.3 Å². The van der Waals surface area contributed by atoms with Gasteiger partial charge in [-0.1, -0.05) is 22.9 Å². The molecule has 1 aromatic carbocycles. The number of nitrogens with zero attached hydrogens (tertiary/aromatic N) is 3. The van der Waals surface area contributed by atoms with Gasteiger partial charge in [-0.05, 0) is 19.9 Å². The van der Waals surface area contributed by atoms with Gasteiger partial charge in [0.15, 0.2) is 0 Å². The van der Waals surface area contributed by atoms with Crippen LogP contribution < -0.4 is 19.5 Å². The van der Waals surface area contributed by atoms with Crippen LogP contribution in [0.1, 0.15) is 20.8 Å². The second-order valence-electron chi connectivity index (χ2n) is 5.87. The standard InChI is InChI=1S/C18H19ClN4O4S/c1-4-25-18-23-13-5-12(19)14(6-15(13)28-18)27-17-8-20-16(7-21-17)26-9-10(2)22-11(3)24/h5-8,10H,4,9H2,1-3H3,(H,22,24). The van der Waals surface area contributed by atoms with Gasteiger partial charge in [0.1, 0.15) is 12.4 Å². The normalized spacial score (nSPS) is 11.9. The number of thiazole rings is 1. The Hall–Kier alpha value is -2.65. The number of fused-ring (bicyclic) bond motifs is 1. The molecule has 0 saturated carbocycles. The van der Waals surface area contributed by atoms with E-state index in [0.717, 1.165) is 10.2 Å². The monoisotopic (exact) mass is 422 g/mol. The third-order valence-electron chi connectivity index (χ3n) is 3.44. The summed E-state index contributed by atoms with van der Waals surface area (Å²) >= 11 is 7.70. The summed E-state index contributed by atoms with van der Waals surface area (Å²) < 4.78 is 17.5. The average Bonchev–Trinajstić information content (AvgIpc) is 3.02. The van der Waals surface area contributed by atoms with E-state index in [9.17, 15) is 4.79 Å². The molecule has 0 radical (unpaired) electrons. The summed E-state index contributed by atoms with van der Waals surface area (Å²) in [4.78, 5) is 23.7. The number of halogens is 1. The molecule has 1 N–H and O–H groups in total. The molecule has 148 valence electrons. The van der Waals surface area contributed by atoms with E-state index in [1.807, 2.05) is 13.8 Å². The highest BCUT2D eigenvalue weighted by Gasteiger charge is 2.12. The summed E-state index contributed by atoms with van der Waals surface area (Å²) in [6.07, 6.45) is 2.89. The molecule has 1 unspecified atom stereocenters. The van der Waals surface area contributed by atoms with Crippen molar-refractivity contribution in [3.63, 3.8) is 0 Å². The number of aromatic nitrogens is 3. The zero-order chi connectivity index (χ0) is 20.1. The number of hydrogen-bond donors (Lipinski definition) is 1. The van der Waals surface area contributed by atoms with Gasteiger partial charge in [-0.15, -0.1) is 0 Å². The minimum atomic E-state index is -0.137. The number of carbonyl (C=O) groups excluding carboxylic acids is 1. The van der Waals surface area contributed by atoms with Gasteiger partial charge in [0.05, 0.1) is 40.3 Å². The fourth-order valence-corrected chi connectivity index (χ4v) is 3.40. The van der Waals surface area contributed by atoms with Crippen molar-refractivity contribution in [2.24, 2.45) is 0 Å². The summed E-state index contributed by atoms with van der Waals surface area (Å²) in [5, 5.41) is 3.72. The van der Waals surface area contributed by atoms with Crippen LogP contribution in [0.4, 0.5) is 0 Å². The van der Waals surface area contributed by atoms with Crippen LogP contribution >= 0.6 is 22.9 Å². The van der Waals surface area contributed by atoms with Crippen molar-refractivity contribution >= 4 is 39.1 Å². The first-order chi connectivity index (χ1) is 13.4. The van der Waals surface area contributed by atoms with Gasteiger partial charge in [0, 0.05) is 13.0 Å². The molecular weight excluding hydrogens is 404 g/mol. The van der Waals surface area contributed by atoms with Gasteiger partial charge in [-0.25, -0.2) is 15.0 Å². The van der Waals surface area contributed by atoms with Crippen molar-refractivity contribution in [3.8, 4) is 22.7 Å². The average molecular weight is 423 g/mol. The second kappa shape index (κ2) is 9.03. The van der Waals surface area contributed by atoms with Gasteiger partial charge in [0.25, 0.3) is 5.19 Å². The minimum absolute atomic E-state index is 0.117. The molecule has 3 rings (SSSR count). The third-order valence-corrected chi connectivity index (χ3v) is 4.67. The van der Waals surface area contributed by atoms with E-state index in [1.165, 1.54) is 30.7 Å². The van der Waals surface area contributed by atoms with Crippen molar-refractivity contribution in [1.29, 1.82) is 0 Å². The molecule has 8 nitrogen and oxygen atoms in total. The van der Waals surface area contributed by atoms with E-state index in [4.69, 9.17) is 25.8 Å². The molecule has 0 saturated heterocycles. The lowest BCUT2D eigenvalue weighted by Gasteiger charge is -2.13. The molecule has 0 aliphatic carbocycles. The molecule has 10 heteroatoms. The quantitative estimate of drug-likeness (QED) is 0.589. The Balaban J connectivity index is 1.66. The molecule has 0 bridgehead atoms. The topological polar surface area (TPSA) is 95.5 Å². The molecule has 0 aliphatic heterocycles. The predicted octanol–water partition coefficient (Wildman–Crippen LogP) is 3.83.